The molecule has 10 heteroatoms. The Balaban J connectivity index is 1.55. The number of carbonyl (C=O) groups excluding carboxylic acids is 2. The highest BCUT2D eigenvalue weighted by Gasteiger charge is 2.24. The summed E-state index contributed by atoms with van der Waals surface area (Å²) in [6.45, 7) is 0.859. The molecular formula is C34H50N4O6. The second-order valence-electron chi connectivity index (χ2n) is 11.3. The molecule has 0 fully saturated rings. The zero-order valence-electron chi connectivity index (χ0n) is 25.7. The number of hydrogen-bond acceptors (Lipinski definition) is 6. The lowest BCUT2D eigenvalue weighted by atomic mass is 10.0. The number of rotatable bonds is 24. The van der Waals surface area contributed by atoms with Crippen molar-refractivity contribution in [3.63, 3.8) is 0 Å². The van der Waals surface area contributed by atoms with Crippen LogP contribution in [0.2, 0.25) is 0 Å². The third-order valence-corrected chi connectivity index (χ3v) is 7.57. The summed E-state index contributed by atoms with van der Waals surface area (Å²) in [4.78, 5) is 46.3. The van der Waals surface area contributed by atoms with E-state index in [0.717, 1.165) is 63.3 Å². The molecule has 2 aromatic carbocycles. The first-order chi connectivity index (χ1) is 21.4. The number of imide groups is 1. The highest BCUT2D eigenvalue weighted by molar-refractivity contribution is 5.94. The van der Waals surface area contributed by atoms with E-state index >= 15 is 0 Å². The van der Waals surface area contributed by atoms with Gasteiger partial charge in [0.1, 0.15) is 6.29 Å². The molecule has 2 rings (SSSR count). The summed E-state index contributed by atoms with van der Waals surface area (Å²) >= 11 is 0. The molecule has 0 saturated carbocycles. The number of carbonyl (C=O) groups is 4. The quantitative estimate of drug-likeness (QED) is 0.0505. The van der Waals surface area contributed by atoms with Gasteiger partial charge in [0.25, 0.3) is 0 Å². The lowest BCUT2D eigenvalue weighted by Crippen LogP contribution is -2.55. The van der Waals surface area contributed by atoms with Crippen LogP contribution in [0.15, 0.2) is 60.7 Å². The van der Waals surface area contributed by atoms with Crippen LogP contribution in [0.3, 0.4) is 0 Å². The van der Waals surface area contributed by atoms with E-state index in [0.29, 0.717) is 6.42 Å². The van der Waals surface area contributed by atoms with E-state index in [1.54, 1.807) is 0 Å². The average molecular weight is 611 g/mol. The summed E-state index contributed by atoms with van der Waals surface area (Å²) in [5, 5.41) is 29.0. The van der Waals surface area contributed by atoms with Crippen molar-refractivity contribution >= 4 is 24.4 Å². The first-order valence-electron chi connectivity index (χ1n) is 15.9. The zero-order valence-corrected chi connectivity index (χ0v) is 25.7. The van der Waals surface area contributed by atoms with E-state index in [-0.39, 0.29) is 12.5 Å². The van der Waals surface area contributed by atoms with E-state index in [1.807, 2.05) is 66.0 Å². The molecule has 0 aliphatic carbocycles. The standard InChI is InChI=1S/C34H50N4O6/c39-26-29(24-27-18-12-10-13-19-27)35-23-17-9-7-5-3-1-2-4-6-8-16-22-31(37-33(41)42)36-30(32(40)38-34(43)44)25-28-20-14-11-15-21-28/h10-15,18-21,26,29-31,35-37H,1-9,16-17,22-25H2,(H,38,40)(H,41,42)(H,43,44)/t29?,30-,31?/m0/s1. The van der Waals surface area contributed by atoms with Crippen LogP contribution in [-0.4, -0.2) is 59.4 Å². The van der Waals surface area contributed by atoms with Gasteiger partial charge in [0.15, 0.2) is 0 Å². The number of unbranched alkanes of at least 4 members (excludes halogenated alkanes) is 10. The summed E-state index contributed by atoms with van der Waals surface area (Å²) < 4.78 is 0. The molecule has 0 aliphatic rings. The third-order valence-electron chi connectivity index (χ3n) is 7.57. The Morgan fingerprint density at radius 1 is 0.659 bits per heavy atom. The van der Waals surface area contributed by atoms with Crippen LogP contribution in [-0.2, 0) is 22.4 Å². The largest absolute Gasteiger partial charge is 0.465 e. The molecule has 2 aromatic rings. The van der Waals surface area contributed by atoms with Crippen molar-refractivity contribution < 1.29 is 29.4 Å². The number of hydrogen-bond donors (Lipinski definition) is 6. The second-order valence-corrected chi connectivity index (χ2v) is 11.3. The fourth-order valence-corrected chi connectivity index (χ4v) is 5.25. The van der Waals surface area contributed by atoms with E-state index in [2.05, 4.69) is 16.0 Å². The molecule has 0 saturated heterocycles. The van der Waals surface area contributed by atoms with Crippen molar-refractivity contribution in [2.24, 2.45) is 0 Å². The van der Waals surface area contributed by atoms with Crippen LogP contribution in [0.1, 0.15) is 88.2 Å². The Kier molecular flexibility index (Phi) is 18.8. The molecule has 44 heavy (non-hydrogen) atoms. The Bertz CT molecular complexity index is 1090. The fraction of sp³-hybridized carbons (Fsp3) is 0.529. The van der Waals surface area contributed by atoms with Crippen LogP contribution in [0.25, 0.3) is 0 Å². The molecule has 2 unspecified atom stereocenters. The van der Waals surface area contributed by atoms with Gasteiger partial charge in [-0.05, 0) is 43.4 Å². The highest BCUT2D eigenvalue weighted by Crippen LogP contribution is 2.13. The van der Waals surface area contributed by atoms with E-state index in [9.17, 15) is 24.3 Å². The SMILES string of the molecule is O=CC(Cc1ccccc1)NCCCCCCCCCCCCCC(NC(=O)O)N[C@@H](Cc1ccccc1)C(=O)NC(=O)O. The Hall–Kier alpha value is -3.76. The molecular weight excluding hydrogens is 560 g/mol. The smallest absolute Gasteiger partial charge is 0.411 e. The first-order valence-corrected chi connectivity index (χ1v) is 15.9. The monoisotopic (exact) mass is 610 g/mol. The van der Waals surface area contributed by atoms with Crippen molar-refractivity contribution in [3.8, 4) is 0 Å². The zero-order chi connectivity index (χ0) is 31.8. The van der Waals surface area contributed by atoms with Gasteiger partial charge in [0.2, 0.25) is 5.91 Å². The molecule has 3 atom stereocenters. The molecule has 0 radical (unpaired) electrons. The van der Waals surface area contributed by atoms with Crippen molar-refractivity contribution in [1.82, 2.24) is 21.3 Å². The Morgan fingerprint density at radius 3 is 1.66 bits per heavy atom. The molecule has 10 nitrogen and oxygen atoms in total. The number of carboxylic acid groups (broad SMARTS) is 2. The summed E-state index contributed by atoms with van der Waals surface area (Å²) in [6.07, 6.45) is 11.3. The number of benzene rings is 2. The predicted octanol–water partition coefficient (Wildman–Crippen LogP) is 5.66. The molecule has 0 heterocycles. The maximum atomic E-state index is 12.5. The van der Waals surface area contributed by atoms with Crippen LogP contribution in [0.5, 0.6) is 0 Å². The first kappa shape index (κ1) is 36.4. The van der Waals surface area contributed by atoms with Crippen molar-refractivity contribution in [2.45, 2.75) is 108 Å². The van der Waals surface area contributed by atoms with Gasteiger partial charge in [-0.1, -0.05) is 125 Å². The van der Waals surface area contributed by atoms with Crippen molar-refractivity contribution in [1.29, 1.82) is 0 Å². The summed E-state index contributed by atoms with van der Waals surface area (Å²) in [7, 11) is 0. The maximum Gasteiger partial charge on any atom is 0.411 e. The fourth-order valence-electron chi connectivity index (χ4n) is 5.25. The van der Waals surface area contributed by atoms with Gasteiger partial charge < -0.3 is 25.6 Å². The van der Waals surface area contributed by atoms with Crippen LogP contribution >= 0.6 is 0 Å². The number of nitrogens with one attached hydrogen (secondary N) is 4. The minimum atomic E-state index is -1.45. The normalized spacial score (nSPS) is 13.0. The summed E-state index contributed by atoms with van der Waals surface area (Å²) in [5.74, 6) is -0.722. The topological polar surface area (TPSA) is 157 Å². The van der Waals surface area contributed by atoms with E-state index in [1.165, 1.54) is 37.7 Å². The lowest BCUT2D eigenvalue weighted by molar-refractivity contribution is -0.122. The molecule has 3 amide bonds. The minimum Gasteiger partial charge on any atom is -0.465 e. The van der Waals surface area contributed by atoms with Gasteiger partial charge in [0, 0.05) is 0 Å². The molecule has 6 N–H and O–H groups in total. The molecule has 0 spiro atoms. The average Bonchev–Trinajstić information content (AvgIpc) is 3.00. The molecule has 0 aliphatic heterocycles. The highest BCUT2D eigenvalue weighted by atomic mass is 16.4. The van der Waals surface area contributed by atoms with Crippen LogP contribution in [0.4, 0.5) is 9.59 Å². The van der Waals surface area contributed by atoms with Gasteiger partial charge in [-0.2, -0.15) is 0 Å². The minimum absolute atomic E-state index is 0.130. The molecule has 0 bridgehead atoms. The summed E-state index contributed by atoms with van der Waals surface area (Å²) in [6, 6.07) is 18.2. The van der Waals surface area contributed by atoms with Gasteiger partial charge in [0.05, 0.1) is 18.2 Å². The Labute approximate surface area is 261 Å². The van der Waals surface area contributed by atoms with Gasteiger partial charge in [-0.3, -0.25) is 15.4 Å². The van der Waals surface area contributed by atoms with Gasteiger partial charge in [-0.25, -0.2) is 9.59 Å². The predicted molar refractivity (Wildman–Crippen MR) is 172 cm³/mol. The Morgan fingerprint density at radius 2 is 1.16 bits per heavy atom. The lowest BCUT2D eigenvalue weighted by Gasteiger charge is -2.25. The van der Waals surface area contributed by atoms with E-state index in [4.69, 9.17) is 5.11 Å². The third kappa shape index (κ3) is 17.4. The van der Waals surface area contributed by atoms with Crippen LogP contribution in [0, 0.1) is 0 Å². The van der Waals surface area contributed by atoms with E-state index < -0.39 is 30.3 Å². The molecule has 242 valence electrons. The second kappa shape index (κ2) is 22.7. The number of amides is 3. The van der Waals surface area contributed by atoms with Crippen LogP contribution < -0.4 is 21.3 Å². The molecule has 0 aromatic heterocycles. The van der Waals surface area contributed by atoms with Crippen molar-refractivity contribution in [3.05, 3.63) is 71.8 Å². The van der Waals surface area contributed by atoms with Gasteiger partial charge in [-0.15, -0.1) is 0 Å². The van der Waals surface area contributed by atoms with Gasteiger partial charge >= 0.3 is 12.2 Å². The maximum absolute atomic E-state index is 12.5. The summed E-state index contributed by atoms with van der Waals surface area (Å²) in [5.41, 5.74) is 2.00. The van der Waals surface area contributed by atoms with Crippen molar-refractivity contribution in [2.75, 3.05) is 6.54 Å². The number of aldehydes is 1.